The van der Waals surface area contributed by atoms with Crippen LogP contribution in [0, 0.1) is 0 Å². The first-order valence-corrected chi connectivity index (χ1v) is 6.62. The predicted molar refractivity (Wildman–Crippen MR) is 86.4 cm³/mol. The highest BCUT2D eigenvalue weighted by atomic mass is 16.3. The summed E-state index contributed by atoms with van der Waals surface area (Å²) in [6, 6.07) is 7.39. The van der Waals surface area contributed by atoms with Crippen LogP contribution >= 0.6 is 0 Å². The molecule has 124 valence electrons. The molecular formula is C15H14N4O5. The zero-order valence-electron chi connectivity index (χ0n) is 12.2. The highest BCUT2D eigenvalue weighted by Crippen LogP contribution is 2.24. The number of hydrogen-bond acceptors (Lipinski definition) is 7. The number of benzene rings is 2. The Morgan fingerprint density at radius 2 is 1.17 bits per heavy atom. The minimum absolute atomic E-state index is 0.257. The van der Waals surface area contributed by atoms with Gasteiger partial charge in [-0.05, 0) is 47.5 Å². The fraction of sp³-hybridized carbons (Fsp3) is 0. The van der Waals surface area contributed by atoms with Gasteiger partial charge in [-0.3, -0.25) is 0 Å². The second-order valence-corrected chi connectivity index (χ2v) is 4.57. The molecule has 0 saturated heterocycles. The molecule has 0 heterocycles. The Labute approximate surface area is 136 Å². The third kappa shape index (κ3) is 4.63. The van der Waals surface area contributed by atoms with Crippen LogP contribution in [-0.4, -0.2) is 38.9 Å². The van der Waals surface area contributed by atoms with Gasteiger partial charge in [0, 0.05) is 0 Å². The summed E-state index contributed by atoms with van der Waals surface area (Å²) in [5.74, 6) is -1.12. The average Bonchev–Trinajstić information content (AvgIpc) is 2.54. The van der Waals surface area contributed by atoms with Gasteiger partial charge in [-0.25, -0.2) is 15.6 Å². The largest absolute Gasteiger partial charge is 0.504 e. The molecule has 0 aliphatic rings. The van der Waals surface area contributed by atoms with E-state index in [2.05, 4.69) is 21.1 Å². The lowest BCUT2D eigenvalue weighted by atomic mass is 10.2. The lowest BCUT2D eigenvalue weighted by molar-refractivity contribution is 0.242. The molecule has 0 radical (unpaired) electrons. The lowest BCUT2D eigenvalue weighted by Crippen LogP contribution is -2.28. The van der Waals surface area contributed by atoms with E-state index in [0.717, 1.165) is 0 Å². The number of carbonyl (C=O) groups is 1. The van der Waals surface area contributed by atoms with Gasteiger partial charge in [-0.1, -0.05) is 0 Å². The summed E-state index contributed by atoms with van der Waals surface area (Å²) >= 11 is 0. The van der Waals surface area contributed by atoms with Crippen molar-refractivity contribution >= 4 is 18.5 Å². The van der Waals surface area contributed by atoms with Crippen molar-refractivity contribution in [3.8, 4) is 23.0 Å². The molecule has 9 nitrogen and oxygen atoms in total. The fourth-order valence-corrected chi connectivity index (χ4v) is 1.60. The maximum Gasteiger partial charge on any atom is 0.355 e. The Morgan fingerprint density at radius 1 is 0.750 bits per heavy atom. The number of phenols is 4. The second kappa shape index (κ2) is 7.49. The molecule has 2 aromatic rings. The van der Waals surface area contributed by atoms with Crippen LogP contribution in [0.5, 0.6) is 23.0 Å². The van der Waals surface area contributed by atoms with Crippen molar-refractivity contribution in [3.63, 3.8) is 0 Å². The lowest BCUT2D eigenvalue weighted by Gasteiger charge is -2.00. The number of urea groups is 1. The Balaban J connectivity index is 1.84. The summed E-state index contributed by atoms with van der Waals surface area (Å²) in [4.78, 5) is 11.4. The summed E-state index contributed by atoms with van der Waals surface area (Å²) in [6.07, 6.45) is 2.53. The van der Waals surface area contributed by atoms with Gasteiger partial charge in [-0.15, -0.1) is 0 Å². The SMILES string of the molecule is O=C(NN=Cc1ccc(O)c(O)c1)N/N=C/c1ccc(O)c(O)c1. The van der Waals surface area contributed by atoms with E-state index in [1.807, 2.05) is 0 Å². The molecule has 0 spiro atoms. The van der Waals surface area contributed by atoms with Gasteiger partial charge in [0.25, 0.3) is 0 Å². The maximum absolute atomic E-state index is 11.4. The third-order valence-electron chi connectivity index (χ3n) is 2.76. The van der Waals surface area contributed by atoms with E-state index < -0.39 is 6.03 Å². The van der Waals surface area contributed by atoms with Crippen molar-refractivity contribution in [3.05, 3.63) is 47.5 Å². The van der Waals surface area contributed by atoms with Crippen LogP contribution in [0.2, 0.25) is 0 Å². The van der Waals surface area contributed by atoms with Crippen molar-refractivity contribution in [2.45, 2.75) is 0 Å². The Hall–Kier alpha value is -3.75. The van der Waals surface area contributed by atoms with Crippen LogP contribution < -0.4 is 10.9 Å². The van der Waals surface area contributed by atoms with Gasteiger partial charge in [0.2, 0.25) is 0 Å². The quantitative estimate of drug-likeness (QED) is 0.283. The molecule has 0 aliphatic carbocycles. The summed E-state index contributed by atoms with van der Waals surface area (Å²) in [6.45, 7) is 0. The van der Waals surface area contributed by atoms with Crippen molar-refractivity contribution in [1.82, 2.24) is 10.9 Å². The van der Waals surface area contributed by atoms with E-state index in [1.54, 1.807) is 0 Å². The number of aromatic hydroxyl groups is 4. The van der Waals surface area contributed by atoms with Gasteiger partial charge in [0.05, 0.1) is 12.4 Å². The van der Waals surface area contributed by atoms with Crippen molar-refractivity contribution in [2.24, 2.45) is 10.2 Å². The van der Waals surface area contributed by atoms with Crippen molar-refractivity contribution in [2.75, 3.05) is 0 Å². The van der Waals surface area contributed by atoms with Gasteiger partial charge in [0.15, 0.2) is 23.0 Å². The van der Waals surface area contributed by atoms with E-state index in [1.165, 1.54) is 48.8 Å². The van der Waals surface area contributed by atoms with E-state index >= 15 is 0 Å². The second-order valence-electron chi connectivity index (χ2n) is 4.57. The number of carbonyl (C=O) groups excluding carboxylic acids is 1. The molecule has 24 heavy (non-hydrogen) atoms. The number of hydrogen-bond donors (Lipinski definition) is 6. The highest BCUT2D eigenvalue weighted by Gasteiger charge is 2.00. The average molecular weight is 330 g/mol. The molecule has 2 aromatic carbocycles. The van der Waals surface area contributed by atoms with E-state index in [9.17, 15) is 15.0 Å². The molecule has 2 amide bonds. The molecule has 0 bridgehead atoms. The third-order valence-corrected chi connectivity index (χ3v) is 2.76. The number of amides is 2. The molecule has 0 atom stereocenters. The molecule has 0 saturated carbocycles. The highest BCUT2D eigenvalue weighted by molar-refractivity contribution is 5.84. The molecular weight excluding hydrogens is 316 g/mol. The first-order chi connectivity index (χ1) is 11.5. The molecule has 0 aliphatic heterocycles. The molecule has 0 fully saturated rings. The Bertz CT molecular complexity index is 739. The summed E-state index contributed by atoms with van der Waals surface area (Å²) in [5.41, 5.74) is 5.22. The zero-order valence-corrected chi connectivity index (χ0v) is 12.2. The van der Waals surface area contributed by atoms with Crippen LogP contribution in [0.25, 0.3) is 0 Å². The molecule has 9 heteroatoms. The standard InChI is InChI=1S/C15H14N4O5/c20-11-3-1-9(5-13(11)22)7-16-18-15(24)19-17-8-10-2-4-12(21)14(23)6-10/h1-8,20-23H,(H2,18,19,24)/b16-7+,17-8?. The minimum Gasteiger partial charge on any atom is -0.504 e. The Morgan fingerprint density at radius 3 is 1.54 bits per heavy atom. The van der Waals surface area contributed by atoms with Crippen molar-refractivity contribution in [1.29, 1.82) is 0 Å². The number of nitrogens with zero attached hydrogens (tertiary/aromatic N) is 2. The van der Waals surface area contributed by atoms with Gasteiger partial charge < -0.3 is 20.4 Å². The zero-order chi connectivity index (χ0) is 17.5. The minimum atomic E-state index is -0.714. The summed E-state index contributed by atoms with van der Waals surface area (Å²) < 4.78 is 0. The molecule has 6 N–H and O–H groups in total. The molecule has 2 rings (SSSR count). The predicted octanol–water partition coefficient (Wildman–Crippen LogP) is 1.18. The molecule has 0 unspecified atom stereocenters. The normalized spacial score (nSPS) is 11.0. The van der Waals surface area contributed by atoms with Gasteiger partial charge in [-0.2, -0.15) is 10.2 Å². The van der Waals surface area contributed by atoms with Gasteiger partial charge >= 0.3 is 6.03 Å². The summed E-state index contributed by atoms with van der Waals surface area (Å²) in [7, 11) is 0. The van der Waals surface area contributed by atoms with E-state index in [4.69, 9.17) is 10.2 Å². The monoisotopic (exact) mass is 330 g/mol. The first kappa shape index (κ1) is 16.6. The van der Waals surface area contributed by atoms with Gasteiger partial charge in [0.1, 0.15) is 0 Å². The van der Waals surface area contributed by atoms with Crippen LogP contribution in [0.4, 0.5) is 4.79 Å². The fourth-order valence-electron chi connectivity index (χ4n) is 1.60. The number of hydrazone groups is 2. The smallest absolute Gasteiger partial charge is 0.355 e. The topological polar surface area (TPSA) is 147 Å². The number of nitrogens with one attached hydrogen (secondary N) is 2. The summed E-state index contributed by atoms with van der Waals surface area (Å²) in [5, 5.41) is 44.2. The van der Waals surface area contributed by atoms with Crippen molar-refractivity contribution < 1.29 is 25.2 Å². The van der Waals surface area contributed by atoms with Crippen LogP contribution in [-0.2, 0) is 0 Å². The van der Waals surface area contributed by atoms with E-state index in [0.29, 0.717) is 11.1 Å². The number of rotatable bonds is 4. The first-order valence-electron chi connectivity index (χ1n) is 6.62. The number of phenolic OH excluding ortho intramolecular Hbond substituents is 4. The van der Waals surface area contributed by atoms with E-state index in [-0.39, 0.29) is 23.0 Å². The Kier molecular flexibility index (Phi) is 5.19. The van der Waals surface area contributed by atoms with Crippen LogP contribution in [0.1, 0.15) is 11.1 Å². The van der Waals surface area contributed by atoms with Crippen LogP contribution in [0.15, 0.2) is 46.6 Å². The maximum atomic E-state index is 11.4. The molecule has 0 aromatic heterocycles. The van der Waals surface area contributed by atoms with Crippen LogP contribution in [0.3, 0.4) is 0 Å².